The topological polar surface area (TPSA) is 32.3 Å². The van der Waals surface area contributed by atoms with E-state index < -0.39 is 0 Å². The van der Waals surface area contributed by atoms with Crippen molar-refractivity contribution < 1.29 is 4.79 Å². The maximum Gasteiger partial charge on any atom is 0.252 e. The number of thiophene rings is 1. The molecule has 0 atom stereocenters. The van der Waals surface area contributed by atoms with Crippen molar-refractivity contribution in [2.24, 2.45) is 0 Å². The molecule has 1 amide bonds. The van der Waals surface area contributed by atoms with Gasteiger partial charge in [0.05, 0.1) is 5.56 Å². The highest BCUT2D eigenvalue weighted by Crippen LogP contribution is 2.20. The highest BCUT2D eigenvalue weighted by Gasteiger charge is 2.11. The van der Waals surface area contributed by atoms with E-state index in [9.17, 15) is 4.79 Å². The lowest BCUT2D eigenvalue weighted by molar-refractivity contribution is 0.0952. The van der Waals surface area contributed by atoms with E-state index in [0.29, 0.717) is 0 Å². The minimum Gasteiger partial charge on any atom is -0.352 e. The molecule has 0 aliphatic rings. The van der Waals surface area contributed by atoms with Gasteiger partial charge in [-0.1, -0.05) is 13.8 Å². The molecule has 0 radical (unpaired) electrons. The minimum absolute atomic E-state index is 0.0738. The second-order valence-electron chi connectivity index (χ2n) is 4.82. The average molecular weight is 282 g/mol. The van der Waals surface area contributed by atoms with Gasteiger partial charge in [0.25, 0.3) is 5.91 Å². The number of rotatable bonds is 8. The Labute approximate surface area is 121 Å². The van der Waals surface area contributed by atoms with Crippen LogP contribution in [0.1, 0.15) is 47.5 Å². The molecule has 4 heteroatoms. The molecule has 0 unspecified atom stereocenters. The van der Waals surface area contributed by atoms with E-state index in [1.54, 1.807) is 11.3 Å². The molecular weight excluding hydrogens is 256 g/mol. The van der Waals surface area contributed by atoms with E-state index in [1.165, 1.54) is 4.88 Å². The van der Waals surface area contributed by atoms with Crippen LogP contribution in [-0.2, 0) is 0 Å². The molecule has 0 saturated heterocycles. The monoisotopic (exact) mass is 282 g/mol. The van der Waals surface area contributed by atoms with Crippen molar-refractivity contribution in [3.05, 3.63) is 21.4 Å². The molecule has 0 aromatic carbocycles. The summed E-state index contributed by atoms with van der Waals surface area (Å²) >= 11 is 1.65. The van der Waals surface area contributed by atoms with Gasteiger partial charge in [0.15, 0.2) is 0 Å². The Bertz CT molecular complexity index is 397. The molecule has 19 heavy (non-hydrogen) atoms. The lowest BCUT2D eigenvalue weighted by Crippen LogP contribution is -2.27. The van der Waals surface area contributed by atoms with Crippen LogP contribution < -0.4 is 5.32 Å². The lowest BCUT2D eigenvalue weighted by atomic mass is 10.1. The number of aryl methyl sites for hydroxylation is 1. The number of nitrogens with zero attached hydrogens (tertiary/aromatic N) is 1. The average Bonchev–Trinajstić information content (AvgIpc) is 2.74. The molecule has 1 rings (SSSR count). The Balaban J connectivity index is 2.23. The number of nitrogens with one attached hydrogen (secondary N) is 1. The molecule has 0 aliphatic heterocycles. The fourth-order valence-corrected chi connectivity index (χ4v) is 2.90. The number of carbonyl (C=O) groups is 1. The van der Waals surface area contributed by atoms with Gasteiger partial charge in [0.1, 0.15) is 0 Å². The van der Waals surface area contributed by atoms with Crippen molar-refractivity contribution in [2.75, 3.05) is 26.2 Å². The molecule has 108 valence electrons. The first-order chi connectivity index (χ1) is 9.10. The predicted octanol–water partition coefficient (Wildman–Crippen LogP) is 3.22. The van der Waals surface area contributed by atoms with Gasteiger partial charge in [-0.25, -0.2) is 0 Å². The minimum atomic E-state index is 0.0738. The van der Waals surface area contributed by atoms with Crippen LogP contribution in [0.15, 0.2) is 5.38 Å². The van der Waals surface area contributed by atoms with E-state index in [2.05, 4.69) is 31.0 Å². The van der Waals surface area contributed by atoms with Crippen LogP contribution in [-0.4, -0.2) is 37.0 Å². The number of amides is 1. The Morgan fingerprint density at radius 2 is 1.95 bits per heavy atom. The Hall–Kier alpha value is -0.870. The van der Waals surface area contributed by atoms with Gasteiger partial charge >= 0.3 is 0 Å². The maximum atomic E-state index is 12.0. The zero-order valence-corrected chi connectivity index (χ0v) is 13.4. The largest absolute Gasteiger partial charge is 0.352 e. The number of carbonyl (C=O) groups excluding carboxylic acids is 1. The van der Waals surface area contributed by atoms with Crippen LogP contribution in [0.3, 0.4) is 0 Å². The van der Waals surface area contributed by atoms with Crippen molar-refractivity contribution in [3.63, 3.8) is 0 Å². The third-order valence-electron chi connectivity index (χ3n) is 3.61. The van der Waals surface area contributed by atoms with E-state index in [-0.39, 0.29) is 5.91 Å². The maximum absolute atomic E-state index is 12.0. The highest BCUT2D eigenvalue weighted by molar-refractivity contribution is 7.10. The van der Waals surface area contributed by atoms with Gasteiger partial charge in [0.2, 0.25) is 0 Å². The van der Waals surface area contributed by atoms with Crippen LogP contribution in [0.5, 0.6) is 0 Å². The molecule has 1 N–H and O–H groups in total. The van der Waals surface area contributed by atoms with Crippen molar-refractivity contribution in [1.82, 2.24) is 10.2 Å². The second kappa shape index (κ2) is 8.33. The van der Waals surface area contributed by atoms with Crippen LogP contribution in [0, 0.1) is 13.8 Å². The standard InChI is InChI=1S/C15H26N2OS/c1-5-17(6-2)10-8-7-9-16-15(18)14-11-19-13(4)12(14)3/h11H,5-10H2,1-4H3,(H,16,18). The first kappa shape index (κ1) is 16.2. The predicted molar refractivity (Wildman–Crippen MR) is 83.1 cm³/mol. The molecule has 1 aromatic heterocycles. The summed E-state index contributed by atoms with van der Waals surface area (Å²) in [7, 11) is 0. The molecule has 0 saturated carbocycles. The Morgan fingerprint density at radius 3 is 2.47 bits per heavy atom. The fraction of sp³-hybridized carbons (Fsp3) is 0.667. The summed E-state index contributed by atoms with van der Waals surface area (Å²) in [5.41, 5.74) is 1.96. The molecule has 0 spiro atoms. The third-order valence-corrected chi connectivity index (χ3v) is 4.62. The summed E-state index contributed by atoms with van der Waals surface area (Å²) in [5.74, 6) is 0.0738. The summed E-state index contributed by atoms with van der Waals surface area (Å²) in [4.78, 5) is 15.6. The summed E-state index contributed by atoms with van der Waals surface area (Å²) < 4.78 is 0. The summed E-state index contributed by atoms with van der Waals surface area (Å²) in [6, 6.07) is 0. The fourth-order valence-electron chi connectivity index (χ4n) is 2.03. The van der Waals surface area contributed by atoms with Crippen LogP contribution in [0.2, 0.25) is 0 Å². The summed E-state index contributed by atoms with van der Waals surface area (Å²) in [5, 5.41) is 4.97. The van der Waals surface area contributed by atoms with E-state index in [0.717, 1.165) is 50.1 Å². The van der Waals surface area contributed by atoms with Crippen molar-refractivity contribution in [1.29, 1.82) is 0 Å². The number of unbranched alkanes of at least 4 members (excludes halogenated alkanes) is 1. The Kier molecular flexibility index (Phi) is 7.10. The van der Waals surface area contributed by atoms with Crippen molar-refractivity contribution in [3.8, 4) is 0 Å². The van der Waals surface area contributed by atoms with Gasteiger partial charge in [0, 0.05) is 16.8 Å². The smallest absolute Gasteiger partial charge is 0.252 e. The van der Waals surface area contributed by atoms with Crippen LogP contribution >= 0.6 is 11.3 Å². The number of hydrogen-bond donors (Lipinski definition) is 1. The highest BCUT2D eigenvalue weighted by atomic mass is 32.1. The van der Waals surface area contributed by atoms with E-state index in [1.807, 2.05) is 12.3 Å². The quantitative estimate of drug-likeness (QED) is 0.743. The molecule has 1 aromatic rings. The van der Waals surface area contributed by atoms with Gasteiger partial charge in [-0.3, -0.25) is 4.79 Å². The molecule has 3 nitrogen and oxygen atoms in total. The first-order valence-corrected chi connectivity index (χ1v) is 8.03. The van der Waals surface area contributed by atoms with E-state index >= 15 is 0 Å². The van der Waals surface area contributed by atoms with Crippen LogP contribution in [0.25, 0.3) is 0 Å². The lowest BCUT2D eigenvalue weighted by Gasteiger charge is -2.17. The van der Waals surface area contributed by atoms with Gasteiger partial charge in [-0.2, -0.15) is 0 Å². The third kappa shape index (κ3) is 4.96. The van der Waals surface area contributed by atoms with Gasteiger partial charge < -0.3 is 10.2 Å². The summed E-state index contributed by atoms with van der Waals surface area (Å²) in [6.07, 6.45) is 2.19. The summed E-state index contributed by atoms with van der Waals surface area (Å²) in [6.45, 7) is 12.6. The molecule has 0 aliphatic carbocycles. The zero-order valence-electron chi connectivity index (χ0n) is 12.6. The Morgan fingerprint density at radius 1 is 1.26 bits per heavy atom. The van der Waals surface area contributed by atoms with Gasteiger partial charge in [-0.15, -0.1) is 11.3 Å². The van der Waals surface area contributed by atoms with Gasteiger partial charge in [-0.05, 0) is 51.9 Å². The molecule has 0 bridgehead atoms. The van der Waals surface area contributed by atoms with Crippen molar-refractivity contribution in [2.45, 2.75) is 40.5 Å². The molecule has 0 fully saturated rings. The second-order valence-corrected chi connectivity index (χ2v) is 5.90. The first-order valence-electron chi connectivity index (χ1n) is 7.15. The molecular formula is C15H26N2OS. The number of hydrogen-bond acceptors (Lipinski definition) is 3. The zero-order chi connectivity index (χ0) is 14.3. The van der Waals surface area contributed by atoms with E-state index in [4.69, 9.17) is 0 Å². The SMILES string of the molecule is CCN(CC)CCCCNC(=O)c1csc(C)c1C. The normalized spacial score (nSPS) is 11.0. The molecule has 1 heterocycles. The van der Waals surface area contributed by atoms with Crippen LogP contribution in [0.4, 0.5) is 0 Å². The van der Waals surface area contributed by atoms with Crippen molar-refractivity contribution >= 4 is 17.2 Å².